The molecule has 1 atom stereocenters. The van der Waals surface area contributed by atoms with Crippen LogP contribution in [0.5, 0.6) is 0 Å². The van der Waals surface area contributed by atoms with Gasteiger partial charge in [-0.15, -0.1) is 0 Å². The van der Waals surface area contributed by atoms with Crippen LogP contribution in [0.1, 0.15) is 47.0 Å². The van der Waals surface area contributed by atoms with E-state index >= 15 is 0 Å². The van der Waals surface area contributed by atoms with Crippen LogP contribution in [0.15, 0.2) is 9.59 Å². The number of aromatic nitrogens is 2. The van der Waals surface area contributed by atoms with Crippen LogP contribution in [0, 0.1) is 5.92 Å². The molecule has 0 saturated carbocycles. The Bertz CT molecular complexity index is 543. The molecule has 0 aromatic carbocycles. The highest BCUT2D eigenvalue weighted by atomic mass is 16.2. The van der Waals surface area contributed by atoms with Gasteiger partial charge in [0.1, 0.15) is 11.5 Å². The molecule has 1 aromatic heterocycles. The standard InChI is InChI=1S/C14H26N4O2/c1-5-8-18-12(15)11(13(19)17-14(18)20)16-9(4)10(6-2)7-3/h9-10,16H,5-8,15H2,1-4H3,(H,17,19,20). The first-order valence-electron chi connectivity index (χ1n) is 7.35. The zero-order valence-electron chi connectivity index (χ0n) is 12.8. The van der Waals surface area contributed by atoms with Gasteiger partial charge in [0.15, 0.2) is 0 Å². The van der Waals surface area contributed by atoms with Crippen LogP contribution >= 0.6 is 0 Å². The second-order valence-corrected chi connectivity index (χ2v) is 5.18. The van der Waals surface area contributed by atoms with Gasteiger partial charge in [-0.3, -0.25) is 14.3 Å². The summed E-state index contributed by atoms with van der Waals surface area (Å²) < 4.78 is 1.41. The van der Waals surface area contributed by atoms with E-state index in [0.717, 1.165) is 19.3 Å². The molecule has 1 unspecified atom stereocenters. The van der Waals surface area contributed by atoms with E-state index in [9.17, 15) is 9.59 Å². The fourth-order valence-corrected chi connectivity index (χ4v) is 2.51. The minimum absolute atomic E-state index is 0.126. The predicted octanol–water partition coefficient (Wildman–Crippen LogP) is 1.77. The number of nitrogens with one attached hydrogen (secondary N) is 2. The molecule has 6 heteroatoms. The van der Waals surface area contributed by atoms with Crippen LogP contribution in [0.2, 0.25) is 0 Å². The van der Waals surface area contributed by atoms with Gasteiger partial charge in [-0.25, -0.2) is 4.79 Å². The molecule has 4 N–H and O–H groups in total. The number of rotatable bonds is 7. The van der Waals surface area contributed by atoms with E-state index in [1.807, 2.05) is 13.8 Å². The van der Waals surface area contributed by atoms with Crippen molar-refractivity contribution in [2.24, 2.45) is 5.92 Å². The number of nitrogen functional groups attached to an aromatic ring is 1. The Morgan fingerprint density at radius 2 is 1.85 bits per heavy atom. The second-order valence-electron chi connectivity index (χ2n) is 5.18. The fraction of sp³-hybridized carbons (Fsp3) is 0.714. The van der Waals surface area contributed by atoms with Gasteiger partial charge in [-0.1, -0.05) is 33.6 Å². The second kappa shape index (κ2) is 7.17. The van der Waals surface area contributed by atoms with Gasteiger partial charge in [-0.05, 0) is 19.3 Å². The molecule has 0 fully saturated rings. The minimum Gasteiger partial charge on any atom is -0.383 e. The van der Waals surface area contributed by atoms with Gasteiger partial charge in [-0.2, -0.15) is 0 Å². The third kappa shape index (κ3) is 3.43. The van der Waals surface area contributed by atoms with Gasteiger partial charge >= 0.3 is 5.69 Å². The molecule has 20 heavy (non-hydrogen) atoms. The van der Waals surface area contributed by atoms with Gasteiger partial charge in [0.05, 0.1) is 0 Å². The van der Waals surface area contributed by atoms with Crippen molar-refractivity contribution in [3.8, 4) is 0 Å². The van der Waals surface area contributed by atoms with Crippen LogP contribution in [0.25, 0.3) is 0 Å². The maximum Gasteiger partial charge on any atom is 0.330 e. The summed E-state index contributed by atoms with van der Waals surface area (Å²) in [5.41, 5.74) is 5.39. The number of aromatic amines is 1. The molecule has 0 amide bonds. The Morgan fingerprint density at radius 1 is 1.25 bits per heavy atom. The molecule has 1 aromatic rings. The molecule has 0 radical (unpaired) electrons. The third-order valence-electron chi connectivity index (χ3n) is 3.81. The van der Waals surface area contributed by atoms with Crippen molar-refractivity contribution in [3.63, 3.8) is 0 Å². The first-order chi connectivity index (χ1) is 9.46. The van der Waals surface area contributed by atoms with Gasteiger partial charge in [0.25, 0.3) is 5.56 Å². The summed E-state index contributed by atoms with van der Waals surface area (Å²) >= 11 is 0. The molecule has 0 bridgehead atoms. The number of nitrogens with zero attached hydrogens (tertiary/aromatic N) is 1. The van der Waals surface area contributed by atoms with Crippen LogP contribution in [-0.2, 0) is 6.54 Å². The number of nitrogens with two attached hydrogens (primary N) is 1. The molecule has 114 valence electrons. The van der Waals surface area contributed by atoms with Crippen molar-refractivity contribution >= 4 is 11.5 Å². The smallest absolute Gasteiger partial charge is 0.330 e. The predicted molar refractivity (Wildman–Crippen MR) is 83.2 cm³/mol. The third-order valence-corrected chi connectivity index (χ3v) is 3.81. The van der Waals surface area contributed by atoms with Crippen LogP contribution in [0.3, 0.4) is 0 Å². The molecule has 0 aliphatic heterocycles. The number of hydrogen-bond donors (Lipinski definition) is 3. The van der Waals surface area contributed by atoms with E-state index in [4.69, 9.17) is 5.73 Å². The van der Waals surface area contributed by atoms with Gasteiger partial charge in [0.2, 0.25) is 0 Å². The van der Waals surface area contributed by atoms with Gasteiger partial charge in [0, 0.05) is 12.6 Å². The Morgan fingerprint density at radius 3 is 2.35 bits per heavy atom. The lowest BCUT2D eigenvalue weighted by molar-refractivity contribution is 0.437. The first-order valence-corrected chi connectivity index (χ1v) is 7.35. The number of anilines is 2. The van der Waals surface area contributed by atoms with E-state index in [2.05, 4.69) is 24.1 Å². The highest BCUT2D eigenvalue weighted by Crippen LogP contribution is 2.19. The van der Waals surface area contributed by atoms with Crippen molar-refractivity contribution in [2.45, 2.75) is 59.5 Å². The van der Waals surface area contributed by atoms with Crippen molar-refractivity contribution in [1.29, 1.82) is 0 Å². The molecule has 0 aliphatic carbocycles. The molecule has 0 spiro atoms. The summed E-state index contributed by atoms with van der Waals surface area (Å²) in [7, 11) is 0. The van der Waals surface area contributed by atoms with Crippen molar-refractivity contribution in [2.75, 3.05) is 11.1 Å². The Kier molecular flexibility index (Phi) is 5.85. The largest absolute Gasteiger partial charge is 0.383 e. The van der Waals surface area contributed by atoms with Crippen molar-refractivity contribution in [3.05, 3.63) is 20.8 Å². The minimum atomic E-state index is -0.449. The summed E-state index contributed by atoms with van der Waals surface area (Å²) in [6.45, 7) is 8.73. The Balaban J connectivity index is 3.15. The van der Waals surface area contributed by atoms with Crippen molar-refractivity contribution < 1.29 is 0 Å². The Labute approximate surface area is 119 Å². The van der Waals surface area contributed by atoms with E-state index in [-0.39, 0.29) is 11.9 Å². The molecule has 1 rings (SSSR count). The summed E-state index contributed by atoms with van der Waals surface area (Å²) in [5.74, 6) is 0.679. The van der Waals surface area contributed by atoms with E-state index < -0.39 is 11.2 Å². The summed E-state index contributed by atoms with van der Waals surface area (Å²) in [6, 6.07) is 0.126. The fourth-order valence-electron chi connectivity index (χ4n) is 2.51. The Hall–Kier alpha value is -1.72. The van der Waals surface area contributed by atoms with E-state index in [1.165, 1.54) is 4.57 Å². The zero-order valence-corrected chi connectivity index (χ0v) is 12.8. The zero-order chi connectivity index (χ0) is 15.3. The molecular weight excluding hydrogens is 256 g/mol. The molecule has 1 heterocycles. The maximum atomic E-state index is 11.9. The van der Waals surface area contributed by atoms with Crippen LogP contribution < -0.4 is 22.3 Å². The lowest BCUT2D eigenvalue weighted by Gasteiger charge is -2.24. The number of hydrogen-bond acceptors (Lipinski definition) is 4. The SMILES string of the molecule is CCCn1c(N)c(NC(C)C(CC)CC)c(=O)[nH]c1=O. The molecular formula is C14H26N4O2. The normalized spacial score (nSPS) is 12.7. The first kappa shape index (κ1) is 16.3. The highest BCUT2D eigenvalue weighted by molar-refractivity contribution is 5.60. The summed E-state index contributed by atoms with van der Waals surface area (Å²) in [6.07, 6.45) is 2.83. The maximum absolute atomic E-state index is 11.9. The quantitative estimate of drug-likeness (QED) is 0.710. The monoisotopic (exact) mass is 282 g/mol. The average molecular weight is 282 g/mol. The van der Waals surface area contributed by atoms with Crippen molar-refractivity contribution in [1.82, 2.24) is 9.55 Å². The van der Waals surface area contributed by atoms with Gasteiger partial charge < -0.3 is 11.1 Å². The molecule has 6 nitrogen and oxygen atoms in total. The molecule has 0 saturated heterocycles. The van der Waals surface area contributed by atoms with E-state index in [0.29, 0.717) is 18.2 Å². The van der Waals surface area contributed by atoms with Crippen LogP contribution in [0.4, 0.5) is 11.5 Å². The highest BCUT2D eigenvalue weighted by Gasteiger charge is 2.18. The molecule has 0 aliphatic rings. The number of H-pyrrole nitrogens is 1. The lowest BCUT2D eigenvalue weighted by atomic mass is 9.95. The topological polar surface area (TPSA) is 92.9 Å². The lowest BCUT2D eigenvalue weighted by Crippen LogP contribution is -2.36. The summed E-state index contributed by atoms with van der Waals surface area (Å²) in [5, 5.41) is 3.18. The average Bonchev–Trinajstić information content (AvgIpc) is 2.41. The summed E-state index contributed by atoms with van der Waals surface area (Å²) in [4.78, 5) is 26.0. The van der Waals surface area contributed by atoms with E-state index in [1.54, 1.807) is 0 Å². The van der Waals surface area contributed by atoms with Crippen LogP contribution in [-0.4, -0.2) is 15.6 Å².